The van der Waals surface area contributed by atoms with Gasteiger partial charge in [0.1, 0.15) is 17.1 Å². The Balaban J connectivity index is 1.97. The third-order valence-electron chi connectivity index (χ3n) is 3.97. The second-order valence-corrected chi connectivity index (χ2v) is 7.16. The van der Waals surface area contributed by atoms with E-state index >= 15 is 0 Å². The van der Waals surface area contributed by atoms with Crippen LogP contribution < -0.4 is 0 Å². The molecule has 4 heteroatoms. The lowest BCUT2D eigenvalue weighted by molar-refractivity contribution is -0.132. The monoisotopic (exact) mass is 330 g/mol. The molecule has 0 saturated carbocycles. The first-order valence-electron chi connectivity index (χ1n) is 7.52. The molecular formula is C19H19ClO3. The van der Waals surface area contributed by atoms with E-state index in [1.165, 1.54) is 0 Å². The highest BCUT2D eigenvalue weighted by Crippen LogP contribution is 2.40. The molecule has 1 aliphatic heterocycles. The maximum atomic E-state index is 12.5. The van der Waals surface area contributed by atoms with Crippen molar-refractivity contribution < 1.29 is 13.9 Å². The zero-order valence-corrected chi connectivity index (χ0v) is 14.4. The number of carbonyl (C=O) groups is 1. The third kappa shape index (κ3) is 2.99. The number of benzene rings is 1. The number of halogens is 1. The molecule has 120 valence electrons. The number of furan rings is 1. The fourth-order valence-electron chi connectivity index (χ4n) is 2.95. The minimum absolute atomic E-state index is 0.0109. The lowest BCUT2D eigenvalue weighted by atomic mass is 9.92. The van der Waals surface area contributed by atoms with E-state index < -0.39 is 11.2 Å². The van der Waals surface area contributed by atoms with Gasteiger partial charge in [0, 0.05) is 16.2 Å². The lowest BCUT2D eigenvalue weighted by Crippen LogP contribution is -2.29. The molecule has 0 aliphatic carbocycles. The van der Waals surface area contributed by atoms with E-state index in [2.05, 4.69) is 0 Å². The van der Waals surface area contributed by atoms with Crippen LogP contribution in [0, 0.1) is 0 Å². The number of ether oxygens (including phenoxy) is 1. The predicted octanol–water partition coefficient (Wildman–Crippen LogP) is 5.14. The van der Waals surface area contributed by atoms with Crippen molar-refractivity contribution in [3.05, 3.63) is 52.8 Å². The summed E-state index contributed by atoms with van der Waals surface area (Å²) in [7, 11) is 0. The molecule has 3 rings (SSSR count). The van der Waals surface area contributed by atoms with Crippen LogP contribution in [0.1, 0.15) is 33.5 Å². The fraction of sp³-hybridized carbons (Fsp3) is 0.316. The smallest absolute Gasteiger partial charge is 0.193 e. The summed E-state index contributed by atoms with van der Waals surface area (Å²) in [5, 5.41) is 0.654. The van der Waals surface area contributed by atoms with Gasteiger partial charge in [-0.05, 0) is 58.0 Å². The SMILES string of the molecule is CC1(C)OC(C)(C)/C(=C\c2ccc(-c3cccc(Cl)c3)o2)C1=O. The number of hydrogen-bond acceptors (Lipinski definition) is 3. The largest absolute Gasteiger partial charge is 0.457 e. The van der Waals surface area contributed by atoms with E-state index in [0.717, 1.165) is 5.56 Å². The molecule has 0 radical (unpaired) electrons. The predicted molar refractivity (Wildman–Crippen MR) is 91.4 cm³/mol. The molecule has 1 aromatic carbocycles. The van der Waals surface area contributed by atoms with Crippen LogP contribution in [0.15, 0.2) is 46.4 Å². The Morgan fingerprint density at radius 2 is 1.78 bits per heavy atom. The highest BCUT2D eigenvalue weighted by molar-refractivity contribution is 6.30. The highest BCUT2D eigenvalue weighted by atomic mass is 35.5. The van der Waals surface area contributed by atoms with Crippen LogP contribution >= 0.6 is 11.6 Å². The van der Waals surface area contributed by atoms with Crippen molar-refractivity contribution in [1.29, 1.82) is 0 Å². The Hall–Kier alpha value is -1.84. The molecule has 0 N–H and O–H groups in total. The summed E-state index contributed by atoms with van der Waals surface area (Å²) in [6.07, 6.45) is 1.77. The van der Waals surface area contributed by atoms with Crippen LogP contribution in [0.5, 0.6) is 0 Å². The van der Waals surface area contributed by atoms with Crippen molar-refractivity contribution in [2.24, 2.45) is 0 Å². The van der Waals surface area contributed by atoms with Crippen molar-refractivity contribution in [3.8, 4) is 11.3 Å². The van der Waals surface area contributed by atoms with Gasteiger partial charge in [0.05, 0.1) is 5.60 Å². The van der Waals surface area contributed by atoms with Crippen molar-refractivity contribution in [1.82, 2.24) is 0 Å². The van der Waals surface area contributed by atoms with Crippen LogP contribution in [0.2, 0.25) is 5.02 Å². The summed E-state index contributed by atoms with van der Waals surface area (Å²) in [6, 6.07) is 11.2. The Morgan fingerprint density at radius 1 is 1.04 bits per heavy atom. The maximum Gasteiger partial charge on any atom is 0.193 e. The zero-order valence-electron chi connectivity index (χ0n) is 13.6. The Kier molecular flexibility index (Phi) is 3.74. The summed E-state index contributed by atoms with van der Waals surface area (Å²) in [5.41, 5.74) is 0.0756. The summed E-state index contributed by atoms with van der Waals surface area (Å²) >= 11 is 6.01. The Morgan fingerprint density at radius 3 is 2.39 bits per heavy atom. The topological polar surface area (TPSA) is 39.4 Å². The number of carbonyl (C=O) groups excluding carboxylic acids is 1. The quantitative estimate of drug-likeness (QED) is 0.716. The van der Waals surface area contributed by atoms with Crippen molar-refractivity contribution in [3.63, 3.8) is 0 Å². The molecule has 1 saturated heterocycles. The van der Waals surface area contributed by atoms with E-state index in [9.17, 15) is 4.79 Å². The van der Waals surface area contributed by atoms with E-state index in [0.29, 0.717) is 22.1 Å². The summed E-state index contributed by atoms with van der Waals surface area (Å²) in [4.78, 5) is 12.5. The minimum Gasteiger partial charge on any atom is -0.457 e. The van der Waals surface area contributed by atoms with Crippen LogP contribution in [-0.2, 0) is 9.53 Å². The molecule has 1 fully saturated rings. The van der Waals surface area contributed by atoms with Gasteiger partial charge in [-0.1, -0.05) is 23.7 Å². The van der Waals surface area contributed by atoms with Crippen LogP contribution in [0.25, 0.3) is 17.4 Å². The molecule has 0 atom stereocenters. The summed E-state index contributed by atoms with van der Waals surface area (Å²) < 4.78 is 11.7. The molecule has 0 amide bonds. The molecule has 3 nitrogen and oxygen atoms in total. The van der Waals surface area contributed by atoms with Crippen molar-refractivity contribution in [2.75, 3.05) is 0 Å². The molecule has 2 aromatic rings. The van der Waals surface area contributed by atoms with Gasteiger partial charge >= 0.3 is 0 Å². The summed E-state index contributed by atoms with van der Waals surface area (Å²) in [5.74, 6) is 1.32. The van der Waals surface area contributed by atoms with Gasteiger partial charge in [0.15, 0.2) is 5.78 Å². The van der Waals surface area contributed by atoms with E-state index in [1.54, 1.807) is 19.9 Å². The number of ketones is 1. The Labute approximate surface area is 140 Å². The van der Waals surface area contributed by atoms with Gasteiger partial charge in [0.25, 0.3) is 0 Å². The van der Waals surface area contributed by atoms with Crippen LogP contribution in [0.4, 0.5) is 0 Å². The molecule has 2 heterocycles. The first kappa shape index (κ1) is 16.0. The van der Waals surface area contributed by atoms with Crippen molar-refractivity contribution in [2.45, 2.75) is 38.9 Å². The first-order valence-corrected chi connectivity index (χ1v) is 7.90. The van der Waals surface area contributed by atoms with E-state index in [1.807, 2.05) is 50.2 Å². The van der Waals surface area contributed by atoms with Gasteiger partial charge in [0.2, 0.25) is 0 Å². The molecule has 1 aliphatic rings. The molecule has 0 bridgehead atoms. The number of rotatable bonds is 2. The van der Waals surface area contributed by atoms with Gasteiger partial charge in [-0.25, -0.2) is 0 Å². The van der Waals surface area contributed by atoms with Gasteiger partial charge < -0.3 is 9.15 Å². The standard InChI is InChI=1S/C19H19ClO3/c1-18(2)15(17(21)19(3,4)23-18)11-14-8-9-16(22-14)12-6-5-7-13(20)10-12/h5-11H,1-4H3/b15-11-. The number of hydrogen-bond donors (Lipinski definition) is 0. The van der Waals surface area contributed by atoms with Gasteiger partial charge in [-0.2, -0.15) is 0 Å². The fourth-order valence-corrected chi connectivity index (χ4v) is 3.14. The molecule has 23 heavy (non-hydrogen) atoms. The second kappa shape index (κ2) is 5.36. The van der Waals surface area contributed by atoms with Gasteiger partial charge in [-0.3, -0.25) is 4.79 Å². The van der Waals surface area contributed by atoms with E-state index in [4.69, 9.17) is 20.8 Å². The Bertz CT molecular complexity index is 796. The molecular weight excluding hydrogens is 312 g/mol. The number of Topliss-reactive ketones (excluding diaryl/α,β-unsaturated/α-hetero) is 1. The lowest BCUT2D eigenvalue weighted by Gasteiger charge is -2.22. The molecule has 0 spiro atoms. The highest BCUT2D eigenvalue weighted by Gasteiger charge is 2.49. The van der Waals surface area contributed by atoms with Gasteiger partial charge in [-0.15, -0.1) is 0 Å². The van der Waals surface area contributed by atoms with Crippen LogP contribution in [-0.4, -0.2) is 17.0 Å². The minimum atomic E-state index is -0.808. The normalized spacial score (nSPS) is 21.1. The van der Waals surface area contributed by atoms with Crippen molar-refractivity contribution >= 4 is 23.5 Å². The molecule has 0 unspecified atom stereocenters. The maximum absolute atomic E-state index is 12.5. The molecule has 1 aromatic heterocycles. The average molecular weight is 331 g/mol. The van der Waals surface area contributed by atoms with E-state index in [-0.39, 0.29) is 5.78 Å². The zero-order chi connectivity index (χ0) is 16.8. The first-order chi connectivity index (χ1) is 10.7. The average Bonchev–Trinajstić information content (AvgIpc) is 2.96. The summed E-state index contributed by atoms with van der Waals surface area (Å²) in [6.45, 7) is 7.37. The second-order valence-electron chi connectivity index (χ2n) is 6.72. The third-order valence-corrected chi connectivity index (χ3v) is 4.21. The van der Waals surface area contributed by atoms with Crippen LogP contribution in [0.3, 0.4) is 0 Å².